The number of aryl methyl sites for hydroxylation is 3. The van der Waals surface area contributed by atoms with E-state index in [1.165, 1.54) is 0 Å². The molecule has 1 aromatic heterocycles. The number of rotatable bonds is 6. The first-order valence-corrected chi connectivity index (χ1v) is 14.9. The lowest BCUT2D eigenvalue weighted by Crippen LogP contribution is -2.48. The summed E-state index contributed by atoms with van der Waals surface area (Å²) in [7, 11) is 0. The molecule has 4 aromatic rings. The number of carbonyl (C=O) groups excluding carboxylic acids is 2. The zero-order valence-corrected chi connectivity index (χ0v) is 26.1. The molecule has 1 saturated heterocycles. The number of nitrogens with zero attached hydrogens (tertiary/aromatic N) is 4. The van der Waals surface area contributed by atoms with Crippen molar-refractivity contribution in [2.24, 2.45) is 0 Å². The summed E-state index contributed by atoms with van der Waals surface area (Å²) in [6, 6.07) is 23.6. The van der Waals surface area contributed by atoms with E-state index in [1.54, 1.807) is 4.68 Å². The Morgan fingerprint density at radius 1 is 0.814 bits per heavy atom. The van der Waals surface area contributed by atoms with Crippen molar-refractivity contribution < 1.29 is 9.59 Å². The Balaban J connectivity index is 1.23. The van der Waals surface area contributed by atoms with E-state index in [2.05, 4.69) is 42.4 Å². The first-order valence-electron chi connectivity index (χ1n) is 14.9. The van der Waals surface area contributed by atoms with Crippen LogP contribution in [0.15, 0.2) is 72.8 Å². The number of amides is 3. The topological polar surface area (TPSA) is 82.5 Å². The minimum atomic E-state index is -0.322. The Morgan fingerprint density at radius 3 is 2.19 bits per heavy atom. The lowest BCUT2D eigenvalue weighted by atomic mass is 9.92. The maximum absolute atomic E-state index is 13.3. The second-order valence-corrected chi connectivity index (χ2v) is 12.5. The third-order valence-electron chi connectivity index (χ3n) is 7.99. The molecule has 1 fully saturated rings. The van der Waals surface area contributed by atoms with Gasteiger partial charge in [-0.15, -0.1) is 0 Å². The minimum Gasteiger partial charge on any atom is -0.336 e. The minimum absolute atomic E-state index is 0.101. The third-order valence-corrected chi connectivity index (χ3v) is 7.99. The molecule has 3 aromatic carbocycles. The first-order chi connectivity index (χ1) is 20.5. The van der Waals surface area contributed by atoms with Crippen LogP contribution in [0.4, 0.5) is 16.3 Å². The van der Waals surface area contributed by atoms with Gasteiger partial charge in [0.25, 0.3) is 5.91 Å². The summed E-state index contributed by atoms with van der Waals surface area (Å²) in [6.07, 6.45) is 0. The van der Waals surface area contributed by atoms with Crippen LogP contribution in [0.1, 0.15) is 59.1 Å². The molecule has 0 aliphatic carbocycles. The number of piperazine rings is 1. The van der Waals surface area contributed by atoms with Crippen LogP contribution in [0.5, 0.6) is 0 Å². The SMILES string of the molecule is Cc1ccc(-n2nc(C(C)(C)C)cc2NC(=O)Nc2cc(CN3CCN(C(=O)c4ccccc4C)CC3)ccc2C)cc1. The highest BCUT2D eigenvalue weighted by Crippen LogP contribution is 2.27. The van der Waals surface area contributed by atoms with Crippen molar-refractivity contribution in [3.63, 3.8) is 0 Å². The average Bonchev–Trinajstić information content (AvgIpc) is 3.40. The number of hydrogen-bond acceptors (Lipinski definition) is 4. The Morgan fingerprint density at radius 2 is 1.51 bits per heavy atom. The number of carbonyl (C=O) groups is 2. The van der Waals surface area contributed by atoms with Crippen molar-refractivity contribution in [3.05, 3.63) is 106 Å². The fourth-order valence-electron chi connectivity index (χ4n) is 5.24. The van der Waals surface area contributed by atoms with Crippen molar-refractivity contribution in [1.82, 2.24) is 19.6 Å². The van der Waals surface area contributed by atoms with Gasteiger partial charge in [-0.1, -0.05) is 68.8 Å². The summed E-state index contributed by atoms with van der Waals surface area (Å²) in [5.41, 5.74) is 7.40. The van der Waals surface area contributed by atoms with Gasteiger partial charge in [-0.25, -0.2) is 9.48 Å². The molecule has 8 heteroatoms. The van der Waals surface area contributed by atoms with Crippen LogP contribution in [0.25, 0.3) is 5.69 Å². The molecule has 0 saturated carbocycles. The van der Waals surface area contributed by atoms with Crippen LogP contribution in [0, 0.1) is 20.8 Å². The summed E-state index contributed by atoms with van der Waals surface area (Å²) in [4.78, 5) is 30.6. The van der Waals surface area contributed by atoms with Crippen LogP contribution in [0.2, 0.25) is 0 Å². The molecule has 2 heterocycles. The summed E-state index contributed by atoms with van der Waals surface area (Å²) in [6.45, 7) is 16.1. The van der Waals surface area contributed by atoms with Crippen molar-refractivity contribution in [2.45, 2.75) is 53.5 Å². The van der Waals surface area contributed by atoms with E-state index in [9.17, 15) is 9.59 Å². The van der Waals surface area contributed by atoms with Gasteiger partial charge in [-0.05, 0) is 61.7 Å². The average molecular weight is 579 g/mol. The molecule has 0 spiro atoms. The van der Waals surface area contributed by atoms with Crippen molar-refractivity contribution in [1.29, 1.82) is 0 Å². The predicted octanol–water partition coefficient (Wildman–Crippen LogP) is 6.70. The zero-order chi connectivity index (χ0) is 30.7. The largest absolute Gasteiger partial charge is 0.336 e. The molecule has 0 atom stereocenters. The number of nitrogens with one attached hydrogen (secondary N) is 2. The maximum Gasteiger partial charge on any atom is 0.324 e. The lowest BCUT2D eigenvalue weighted by molar-refractivity contribution is 0.0627. The highest BCUT2D eigenvalue weighted by Gasteiger charge is 2.24. The predicted molar refractivity (Wildman–Crippen MR) is 173 cm³/mol. The number of aromatic nitrogens is 2. The normalized spacial score (nSPS) is 14.0. The molecule has 3 amide bonds. The van der Waals surface area contributed by atoms with Gasteiger partial charge in [-0.3, -0.25) is 15.0 Å². The number of urea groups is 1. The van der Waals surface area contributed by atoms with Gasteiger partial charge in [-0.2, -0.15) is 5.10 Å². The van der Waals surface area contributed by atoms with Crippen molar-refractivity contribution in [2.75, 3.05) is 36.8 Å². The van der Waals surface area contributed by atoms with Gasteiger partial charge in [0.2, 0.25) is 0 Å². The van der Waals surface area contributed by atoms with Gasteiger partial charge in [0.15, 0.2) is 0 Å². The quantitative estimate of drug-likeness (QED) is 0.267. The lowest BCUT2D eigenvalue weighted by Gasteiger charge is -2.35. The van der Waals surface area contributed by atoms with Crippen molar-refractivity contribution >= 4 is 23.4 Å². The summed E-state index contributed by atoms with van der Waals surface area (Å²) in [5.74, 6) is 0.710. The molecule has 43 heavy (non-hydrogen) atoms. The summed E-state index contributed by atoms with van der Waals surface area (Å²) >= 11 is 0. The molecule has 8 nitrogen and oxygen atoms in total. The summed E-state index contributed by atoms with van der Waals surface area (Å²) < 4.78 is 1.78. The van der Waals surface area contributed by atoms with Gasteiger partial charge in [0.1, 0.15) is 5.82 Å². The second kappa shape index (κ2) is 12.4. The Hall–Kier alpha value is -4.43. The standard InChI is InChI=1S/C35H42N6O2/c1-24-11-15-28(16-12-24)41-32(22-31(38-41)35(4,5)6)37-34(43)36-30-21-27(14-13-26(30)3)23-39-17-19-40(20-18-39)33(42)29-10-8-7-9-25(29)2/h7-16,21-22H,17-20,23H2,1-6H3,(H2,36,37,43). The first kappa shape index (κ1) is 30.0. The molecule has 0 radical (unpaired) electrons. The van der Waals surface area contributed by atoms with E-state index in [0.717, 1.165) is 64.5 Å². The van der Waals surface area contributed by atoms with E-state index < -0.39 is 0 Å². The van der Waals surface area contributed by atoms with Crippen molar-refractivity contribution in [3.8, 4) is 5.69 Å². The van der Waals surface area contributed by atoms with Gasteiger partial charge in [0.05, 0.1) is 11.4 Å². The Kier molecular flexibility index (Phi) is 8.69. The maximum atomic E-state index is 13.3. The molecular formula is C35H42N6O2. The Labute approximate surface area is 254 Å². The highest BCUT2D eigenvalue weighted by atomic mass is 16.2. The van der Waals surface area contributed by atoms with Crippen LogP contribution in [-0.4, -0.2) is 57.7 Å². The fourth-order valence-corrected chi connectivity index (χ4v) is 5.24. The molecule has 1 aliphatic heterocycles. The number of anilines is 2. The molecule has 5 rings (SSSR count). The van der Waals surface area contributed by atoms with E-state index in [1.807, 2.05) is 92.4 Å². The van der Waals surface area contributed by atoms with Gasteiger partial charge < -0.3 is 10.2 Å². The van der Waals surface area contributed by atoms with Gasteiger partial charge in [0, 0.05) is 55.5 Å². The van der Waals surface area contributed by atoms with Crippen LogP contribution >= 0.6 is 0 Å². The monoisotopic (exact) mass is 578 g/mol. The van der Waals surface area contributed by atoms with Crippen LogP contribution < -0.4 is 10.6 Å². The molecule has 1 aliphatic rings. The smallest absolute Gasteiger partial charge is 0.324 e. The van der Waals surface area contributed by atoms with E-state index >= 15 is 0 Å². The van der Waals surface area contributed by atoms with E-state index in [-0.39, 0.29) is 17.4 Å². The Bertz CT molecular complexity index is 1610. The molecule has 0 unspecified atom stereocenters. The van der Waals surface area contributed by atoms with E-state index in [0.29, 0.717) is 18.9 Å². The number of hydrogen-bond donors (Lipinski definition) is 2. The second-order valence-electron chi connectivity index (χ2n) is 12.5. The summed E-state index contributed by atoms with van der Waals surface area (Å²) in [5, 5.41) is 10.9. The van der Waals surface area contributed by atoms with Crippen LogP contribution in [-0.2, 0) is 12.0 Å². The fraction of sp³-hybridized carbons (Fsp3) is 0.343. The van der Waals surface area contributed by atoms with Crippen LogP contribution in [0.3, 0.4) is 0 Å². The molecule has 2 N–H and O–H groups in total. The number of benzene rings is 3. The molecule has 224 valence electrons. The van der Waals surface area contributed by atoms with E-state index in [4.69, 9.17) is 5.10 Å². The third kappa shape index (κ3) is 7.14. The molecular weight excluding hydrogens is 536 g/mol. The zero-order valence-electron chi connectivity index (χ0n) is 26.1. The highest BCUT2D eigenvalue weighted by molar-refractivity contribution is 6.00. The van der Waals surface area contributed by atoms with Gasteiger partial charge >= 0.3 is 6.03 Å². The molecule has 0 bridgehead atoms.